The Morgan fingerprint density at radius 2 is 1.95 bits per heavy atom. The molecule has 1 atom stereocenters. The van der Waals surface area contributed by atoms with Crippen molar-refractivity contribution >= 4 is 6.08 Å². The van der Waals surface area contributed by atoms with Gasteiger partial charge in [-0.3, -0.25) is 0 Å². The summed E-state index contributed by atoms with van der Waals surface area (Å²) in [7, 11) is 3.14. The summed E-state index contributed by atoms with van der Waals surface area (Å²) in [6.45, 7) is 5.64. The Bertz CT molecular complexity index is 515. The summed E-state index contributed by atoms with van der Waals surface area (Å²) in [5.74, 6) is 1.86. The molecular weight excluding hydrogens is 244 g/mol. The largest absolute Gasteiger partial charge is 0.496 e. The fraction of sp³-hybridized carbons (Fsp3) is 0.467. The number of benzene rings is 1. The van der Waals surface area contributed by atoms with Gasteiger partial charge in [0.25, 0.3) is 0 Å². The molecule has 1 aliphatic heterocycles. The van der Waals surface area contributed by atoms with Gasteiger partial charge in [-0.1, -0.05) is 0 Å². The van der Waals surface area contributed by atoms with E-state index in [4.69, 9.17) is 14.2 Å². The fourth-order valence-corrected chi connectivity index (χ4v) is 2.27. The van der Waals surface area contributed by atoms with Crippen molar-refractivity contribution in [1.29, 1.82) is 0 Å². The first-order valence-corrected chi connectivity index (χ1v) is 6.25. The van der Waals surface area contributed by atoms with Crippen LogP contribution in [0.2, 0.25) is 0 Å². The van der Waals surface area contributed by atoms with E-state index in [1.807, 2.05) is 26.0 Å². The zero-order valence-corrected chi connectivity index (χ0v) is 12.0. The van der Waals surface area contributed by atoms with Crippen molar-refractivity contribution in [3.8, 4) is 17.2 Å². The third-order valence-electron chi connectivity index (χ3n) is 3.15. The van der Waals surface area contributed by atoms with Crippen LogP contribution in [0.15, 0.2) is 12.1 Å². The van der Waals surface area contributed by atoms with Crippen molar-refractivity contribution in [2.24, 2.45) is 0 Å². The molecule has 19 heavy (non-hydrogen) atoms. The molecule has 1 N–H and O–H groups in total. The molecule has 4 heteroatoms. The van der Waals surface area contributed by atoms with Crippen molar-refractivity contribution in [2.75, 3.05) is 14.2 Å². The van der Waals surface area contributed by atoms with Gasteiger partial charge in [0.05, 0.1) is 31.5 Å². The molecular formula is C15H20O4. The highest BCUT2D eigenvalue weighted by molar-refractivity contribution is 5.72. The Balaban J connectivity index is 2.68. The smallest absolute Gasteiger partial charge is 0.139 e. The average Bonchev–Trinajstić information content (AvgIpc) is 2.34. The molecule has 2 rings (SSSR count). The summed E-state index contributed by atoms with van der Waals surface area (Å²) in [4.78, 5) is 0. The number of hydrogen-bond acceptors (Lipinski definition) is 4. The zero-order chi connectivity index (χ0) is 14.2. The molecule has 0 unspecified atom stereocenters. The lowest BCUT2D eigenvalue weighted by atomic mass is 9.97. The van der Waals surface area contributed by atoms with E-state index in [0.29, 0.717) is 22.8 Å². The van der Waals surface area contributed by atoms with Crippen LogP contribution in [0.25, 0.3) is 6.08 Å². The van der Waals surface area contributed by atoms with Crippen LogP contribution in [-0.4, -0.2) is 24.9 Å². The molecule has 1 heterocycles. The number of fused-ring (bicyclic) bond motifs is 1. The maximum Gasteiger partial charge on any atom is 0.139 e. The summed E-state index contributed by atoms with van der Waals surface area (Å²) in [5.41, 5.74) is 1.10. The van der Waals surface area contributed by atoms with Crippen molar-refractivity contribution in [3.63, 3.8) is 0 Å². The van der Waals surface area contributed by atoms with Gasteiger partial charge in [-0.2, -0.15) is 0 Å². The maximum atomic E-state index is 9.93. The molecule has 1 aliphatic rings. The number of ether oxygens (including phenoxy) is 3. The Kier molecular flexibility index (Phi) is 3.45. The van der Waals surface area contributed by atoms with Crippen LogP contribution in [0.3, 0.4) is 0 Å². The van der Waals surface area contributed by atoms with Crippen molar-refractivity contribution < 1.29 is 19.3 Å². The normalized spacial score (nSPS) is 17.4. The van der Waals surface area contributed by atoms with Crippen LogP contribution >= 0.6 is 0 Å². The minimum absolute atomic E-state index is 0.366. The lowest BCUT2D eigenvalue weighted by Gasteiger charge is -2.30. The van der Waals surface area contributed by atoms with Crippen molar-refractivity contribution in [2.45, 2.75) is 32.5 Å². The first-order chi connectivity index (χ1) is 8.89. The number of rotatable bonds is 3. The van der Waals surface area contributed by atoms with E-state index in [0.717, 1.165) is 5.56 Å². The molecule has 0 spiro atoms. The summed E-state index contributed by atoms with van der Waals surface area (Å²) in [6, 6.07) is 1.80. The van der Waals surface area contributed by atoms with Crippen LogP contribution in [0.1, 0.15) is 38.0 Å². The molecule has 0 amide bonds. The molecule has 0 aromatic heterocycles. The second-order valence-corrected chi connectivity index (χ2v) is 5.15. The molecule has 0 bridgehead atoms. The standard InChI is InChI=1S/C15H20O4/c1-9(16)13-12(17-4)8-11-10(14(13)18-5)6-7-15(2,3)19-11/h6-9,16H,1-5H3/t9-/m1/s1. The quantitative estimate of drug-likeness (QED) is 0.911. The highest BCUT2D eigenvalue weighted by Gasteiger charge is 2.28. The van der Waals surface area contributed by atoms with Crippen molar-refractivity contribution in [3.05, 3.63) is 23.3 Å². The Hall–Kier alpha value is -1.68. The maximum absolute atomic E-state index is 9.93. The van der Waals surface area contributed by atoms with Gasteiger partial charge >= 0.3 is 0 Å². The number of methoxy groups -OCH3 is 2. The first kappa shape index (κ1) is 13.7. The van der Waals surface area contributed by atoms with E-state index >= 15 is 0 Å². The summed E-state index contributed by atoms with van der Waals surface area (Å²) in [6.07, 6.45) is 3.25. The molecule has 0 saturated carbocycles. The predicted molar refractivity (Wildman–Crippen MR) is 73.9 cm³/mol. The lowest BCUT2D eigenvalue weighted by molar-refractivity contribution is 0.156. The van der Waals surface area contributed by atoms with E-state index in [9.17, 15) is 5.11 Å². The van der Waals surface area contributed by atoms with E-state index < -0.39 is 6.10 Å². The van der Waals surface area contributed by atoms with Crippen LogP contribution in [0, 0.1) is 0 Å². The highest BCUT2D eigenvalue weighted by Crippen LogP contribution is 2.45. The van der Waals surface area contributed by atoms with Gasteiger partial charge in [0.1, 0.15) is 22.8 Å². The van der Waals surface area contributed by atoms with Crippen LogP contribution in [-0.2, 0) is 0 Å². The SMILES string of the molecule is COc1cc2c(c(OC)c1[C@@H](C)O)C=CC(C)(C)O2. The second-order valence-electron chi connectivity index (χ2n) is 5.15. The van der Waals surface area contributed by atoms with Gasteiger partial charge in [0, 0.05) is 6.07 Å². The van der Waals surface area contributed by atoms with Crippen LogP contribution in [0.4, 0.5) is 0 Å². The van der Waals surface area contributed by atoms with Gasteiger partial charge in [0.2, 0.25) is 0 Å². The zero-order valence-electron chi connectivity index (χ0n) is 12.0. The third kappa shape index (κ3) is 2.40. The lowest BCUT2D eigenvalue weighted by Crippen LogP contribution is -2.27. The fourth-order valence-electron chi connectivity index (χ4n) is 2.27. The summed E-state index contributed by atoms with van der Waals surface area (Å²) in [5, 5.41) is 9.93. The molecule has 0 fully saturated rings. The highest BCUT2D eigenvalue weighted by atomic mass is 16.5. The molecule has 1 aromatic carbocycles. The van der Waals surface area contributed by atoms with Gasteiger partial charge in [-0.25, -0.2) is 0 Å². The molecule has 0 aliphatic carbocycles. The van der Waals surface area contributed by atoms with Crippen LogP contribution in [0.5, 0.6) is 17.2 Å². The van der Waals surface area contributed by atoms with Gasteiger partial charge in [0.15, 0.2) is 0 Å². The third-order valence-corrected chi connectivity index (χ3v) is 3.15. The molecule has 0 saturated heterocycles. The molecule has 4 nitrogen and oxygen atoms in total. The van der Waals surface area contributed by atoms with E-state index in [2.05, 4.69) is 0 Å². The predicted octanol–water partition coefficient (Wildman–Crippen LogP) is 2.94. The number of aliphatic hydroxyl groups is 1. The monoisotopic (exact) mass is 264 g/mol. The Morgan fingerprint density at radius 3 is 2.47 bits per heavy atom. The topological polar surface area (TPSA) is 47.9 Å². The van der Waals surface area contributed by atoms with E-state index in [1.54, 1.807) is 27.2 Å². The summed E-state index contributed by atoms with van der Waals surface area (Å²) >= 11 is 0. The van der Waals surface area contributed by atoms with Gasteiger partial charge in [-0.05, 0) is 32.9 Å². The molecule has 1 aromatic rings. The number of aliphatic hydroxyl groups excluding tert-OH is 1. The minimum Gasteiger partial charge on any atom is -0.496 e. The molecule has 104 valence electrons. The first-order valence-electron chi connectivity index (χ1n) is 6.25. The summed E-state index contributed by atoms with van der Waals surface area (Å²) < 4.78 is 16.7. The van der Waals surface area contributed by atoms with Gasteiger partial charge < -0.3 is 19.3 Å². The second kappa shape index (κ2) is 4.78. The Morgan fingerprint density at radius 1 is 1.26 bits per heavy atom. The molecule has 0 radical (unpaired) electrons. The van der Waals surface area contributed by atoms with E-state index in [-0.39, 0.29) is 5.60 Å². The van der Waals surface area contributed by atoms with Gasteiger partial charge in [-0.15, -0.1) is 0 Å². The number of hydrogen-bond donors (Lipinski definition) is 1. The van der Waals surface area contributed by atoms with E-state index in [1.165, 1.54) is 0 Å². The average molecular weight is 264 g/mol. The Labute approximate surface area is 113 Å². The van der Waals surface area contributed by atoms with Crippen LogP contribution < -0.4 is 14.2 Å². The minimum atomic E-state index is -0.682. The van der Waals surface area contributed by atoms with Crippen molar-refractivity contribution in [1.82, 2.24) is 0 Å².